The molecule has 2 unspecified atom stereocenters. The molecule has 60 valence electrons. The number of rotatable bonds is 1. The molecule has 1 fully saturated rings. The van der Waals surface area contributed by atoms with Crippen molar-refractivity contribution in [2.75, 3.05) is 0 Å². The average Bonchev–Trinajstić information content (AvgIpc) is 1.86. The molecule has 1 saturated carbocycles. The molecule has 2 heteroatoms. The van der Waals surface area contributed by atoms with Crippen LogP contribution < -0.4 is 0 Å². The molecule has 1 aliphatic carbocycles. The van der Waals surface area contributed by atoms with E-state index in [0.29, 0.717) is 5.92 Å². The zero-order valence-electron chi connectivity index (χ0n) is 6.51. The van der Waals surface area contributed by atoms with Gasteiger partial charge in [-0.1, -0.05) is 19.8 Å². The number of aliphatic hydroxyl groups is 1. The predicted molar refractivity (Wildman–Crippen MR) is 46.2 cm³/mol. The van der Waals surface area contributed by atoms with Crippen LogP contribution in [0.15, 0.2) is 0 Å². The van der Waals surface area contributed by atoms with E-state index in [4.69, 9.17) is 0 Å². The highest BCUT2D eigenvalue weighted by Gasteiger charge is 2.29. The van der Waals surface area contributed by atoms with Gasteiger partial charge in [0.05, 0.1) is 0 Å². The molecule has 0 aliphatic heterocycles. The fourth-order valence-corrected chi connectivity index (χ4v) is 2.11. The molecule has 0 saturated heterocycles. The van der Waals surface area contributed by atoms with Gasteiger partial charge in [0.25, 0.3) is 0 Å². The molecule has 1 nitrogen and oxygen atoms in total. The van der Waals surface area contributed by atoms with Gasteiger partial charge in [0, 0.05) is 0 Å². The smallest absolute Gasteiger partial charge is 0.107 e. The van der Waals surface area contributed by atoms with E-state index >= 15 is 0 Å². The lowest BCUT2D eigenvalue weighted by Gasteiger charge is -2.32. The maximum atomic E-state index is 9.54. The Morgan fingerprint density at radius 1 is 1.70 bits per heavy atom. The Bertz CT molecular complexity index is 112. The van der Waals surface area contributed by atoms with Crippen molar-refractivity contribution in [1.29, 1.82) is 0 Å². The molecule has 0 amide bonds. The summed E-state index contributed by atoms with van der Waals surface area (Å²) < 4.78 is 0. The van der Waals surface area contributed by atoms with E-state index in [1.54, 1.807) is 0 Å². The van der Waals surface area contributed by atoms with Crippen molar-refractivity contribution < 1.29 is 5.11 Å². The number of thiol groups is 1. The molecule has 0 bridgehead atoms. The maximum absolute atomic E-state index is 9.54. The molecule has 0 aromatic carbocycles. The van der Waals surface area contributed by atoms with Gasteiger partial charge >= 0.3 is 0 Å². The van der Waals surface area contributed by atoms with Crippen LogP contribution in [0.4, 0.5) is 0 Å². The van der Waals surface area contributed by atoms with Gasteiger partial charge in [0.15, 0.2) is 0 Å². The van der Waals surface area contributed by atoms with Crippen LogP contribution in [0.2, 0.25) is 0 Å². The average molecular weight is 160 g/mol. The fourth-order valence-electron chi connectivity index (χ4n) is 1.69. The topological polar surface area (TPSA) is 20.2 Å². The lowest BCUT2D eigenvalue weighted by Crippen LogP contribution is -2.28. The zero-order valence-corrected chi connectivity index (χ0v) is 7.40. The SMILES string of the molecule is CCC1CCCC(O)(S)C1. The summed E-state index contributed by atoms with van der Waals surface area (Å²) in [7, 11) is 0. The van der Waals surface area contributed by atoms with Gasteiger partial charge in [0.1, 0.15) is 4.93 Å². The standard InChI is InChI=1S/C8H16OS/c1-2-7-4-3-5-8(9,10)6-7/h7,9-10H,2-6H2,1H3. The first-order valence-electron chi connectivity index (χ1n) is 4.09. The summed E-state index contributed by atoms with van der Waals surface area (Å²) in [5.74, 6) is 0.705. The Hall–Kier alpha value is 0.310. The highest BCUT2D eigenvalue weighted by atomic mass is 32.1. The third kappa shape index (κ3) is 2.17. The van der Waals surface area contributed by atoms with Crippen molar-refractivity contribution in [2.24, 2.45) is 5.92 Å². The summed E-state index contributed by atoms with van der Waals surface area (Å²) >= 11 is 4.19. The molecule has 10 heavy (non-hydrogen) atoms. The van der Waals surface area contributed by atoms with Crippen LogP contribution in [0.5, 0.6) is 0 Å². The van der Waals surface area contributed by atoms with Gasteiger partial charge in [0.2, 0.25) is 0 Å². The highest BCUT2D eigenvalue weighted by molar-refractivity contribution is 7.81. The third-order valence-corrected chi connectivity index (χ3v) is 2.79. The second kappa shape index (κ2) is 3.14. The largest absolute Gasteiger partial charge is 0.380 e. The Balaban J connectivity index is 2.40. The minimum atomic E-state index is -0.654. The Morgan fingerprint density at radius 2 is 2.40 bits per heavy atom. The van der Waals surface area contributed by atoms with Crippen LogP contribution in [-0.4, -0.2) is 10.0 Å². The molecule has 1 aliphatic rings. The summed E-state index contributed by atoms with van der Waals surface area (Å²) in [6.07, 6.45) is 5.35. The van der Waals surface area contributed by atoms with Crippen molar-refractivity contribution in [2.45, 2.75) is 44.0 Å². The predicted octanol–water partition coefficient (Wildman–Crippen LogP) is 2.21. The van der Waals surface area contributed by atoms with E-state index in [0.717, 1.165) is 19.3 Å². The van der Waals surface area contributed by atoms with Gasteiger partial charge in [-0.05, 0) is 25.2 Å². The summed E-state index contributed by atoms with van der Waals surface area (Å²) in [6.45, 7) is 2.18. The molecule has 0 aromatic heterocycles. The first-order valence-corrected chi connectivity index (χ1v) is 4.53. The highest BCUT2D eigenvalue weighted by Crippen LogP contribution is 2.36. The minimum absolute atomic E-state index is 0.654. The first kappa shape index (κ1) is 8.41. The van der Waals surface area contributed by atoms with Crippen LogP contribution in [-0.2, 0) is 0 Å². The van der Waals surface area contributed by atoms with Crippen molar-refractivity contribution in [3.63, 3.8) is 0 Å². The summed E-state index contributed by atoms with van der Waals surface area (Å²) in [6, 6.07) is 0. The summed E-state index contributed by atoms with van der Waals surface area (Å²) in [5.41, 5.74) is 0. The van der Waals surface area contributed by atoms with E-state index in [-0.39, 0.29) is 0 Å². The van der Waals surface area contributed by atoms with Crippen LogP contribution in [0, 0.1) is 5.92 Å². The monoisotopic (exact) mass is 160 g/mol. The van der Waals surface area contributed by atoms with Crippen molar-refractivity contribution in [1.82, 2.24) is 0 Å². The normalized spacial score (nSPS) is 41.7. The molecule has 0 radical (unpaired) electrons. The lowest BCUT2D eigenvalue weighted by atomic mass is 9.85. The van der Waals surface area contributed by atoms with Crippen molar-refractivity contribution >= 4 is 12.6 Å². The lowest BCUT2D eigenvalue weighted by molar-refractivity contribution is 0.0692. The fraction of sp³-hybridized carbons (Fsp3) is 1.00. The van der Waals surface area contributed by atoms with E-state index < -0.39 is 4.93 Å². The van der Waals surface area contributed by atoms with Crippen LogP contribution in [0.3, 0.4) is 0 Å². The van der Waals surface area contributed by atoms with Crippen molar-refractivity contribution in [3.8, 4) is 0 Å². The van der Waals surface area contributed by atoms with Crippen molar-refractivity contribution in [3.05, 3.63) is 0 Å². The van der Waals surface area contributed by atoms with Gasteiger partial charge in [-0.2, -0.15) is 0 Å². The number of hydrogen-bond donors (Lipinski definition) is 2. The minimum Gasteiger partial charge on any atom is -0.380 e. The van der Waals surface area contributed by atoms with E-state index in [1.165, 1.54) is 12.8 Å². The number of hydrogen-bond acceptors (Lipinski definition) is 2. The molecule has 0 aromatic rings. The van der Waals surface area contributed by atoms with Gasteiger partial charge in [-0.25, -0.2) is 0 Å². The summed E-state index contributed by atoms with van der Waals surface area (Å²) in [5, 5.41) is 9.54. The molecule has 1 rings (SSSR count). The molecule has 0 heterocycles. The first-order chi connectivity index (χ1) is 4.64. The second-order valence-corrected chi connectivity index (χ2v) is 4.19. The second-order valence-electron chi connectivity index (χ2n) is 3.35. The molecule has 2 atom stereocenters. The Labute approximate surface area is 68.2 Å². The summed E-state index contributed by atoms with van der Waals surface area (Å²) in [4.78, 5) is -0.654. The van der Waals surface area contributed by atoms with Crippen LogP contribution >= 0.6 is 12.6 Å². The van der Waals surface area contributed by atoms with Crippen LogP contribution in [0.25, 0.3) is 0 Å². The Kier molecular flexibility index (Phi) is 2.64. The van der Waals surface area contributed by atoms with E-state index in [2.05, 4.69) is 19.6 Å². The molecular formula is C8H16OS. The van der Waals surface area contributed by atoms with Gasteiger partial charge < -0.3 is 5.11 Å². The van der Waals surface area contributed by atoms with E-state index in [1.807, 2.05) is 0 Å². The zero-order chi connectivity index (χ0) is 7.61. The molecular weight excluding hydrogens is 144 g/mol. The third-order valence-electron chi connectivity index (χ3n) is 2.38. The van der Waals surface area contributed by atoms with E-state index in [9.17, 15) is 5.11 Å². The van der Waals surface area contributed by atoms with Gasteiger partial charge in [-0.15, -0.1) is 12.6 Å². The molecule has 0 spiro atoms. The van der Waals surface area contributed by atoms with Gasteiger partial charge in [-0.3, -0.25) is 0 Å². The molecule has 1 N–H and O–H groups in total. The van der Waals surface area contributed by atoms with Crippen LogP contribution in [0.1, 0.15) is 39.0 Å². The quantitative estimate of drug-likeness (QED) is 0.445. The maximum Gasteiger partial charge on any atom is 0.107 e. The Morgan fingerprint density at radius 3 is 2.80 bits per heavy atom.